The number of hydrogen-bond acceptors (Lipinski definition) is 10. The molecule has 0 N–H and O–H groups in total. The van der Waals surface area contributed by atoms with Crippen LogP contribution in [0.15, 0.2) is 66.7 Å². The first-order chi connectivity index (χ1) is 23.2. The highest BCUT2D eigenvalue weighted by molar-refractivity contribution is 7.87. The molecule has 0 spiro atoms. The number of unbranched alkanes of at least 4 members (excludes halogenated alkanes) is 1. The Morgan fingerprint density at radius 2 is 0.980 bits per heavy atom. The molecule has 0 unspecified atom stereocenters. The molecule has 4 amide bonds. The Kier molecular flexibility index (Phi) is 9.28. The van der Waals surface area contributed by atoms with Gasteiger partial charge >= 0.3 is 31.3 Å². The molecule has 4 aromatic rings. The van der Waals surface area contributed by atoms with E-state index in [4.69, 9.17) is 0 Å². The number of amides is 4. The van der Waals surface area contributed by atoms with Crippen molar-refractivity contribution in [3.05, 3.63) is 94.5 Å². The minimum Gasteiger partial charge on any atom is -0.266 e. The maximum atomic E-state index is 12.6. The summed E-state index contributed by atoms with van der Waals surface area (Å²) >= 11 is 0. The highest BCUT2D eigenvalue weighted by Crippen LogP contribution is 2.36. The predicted molar refractivity (Wildman–Crippen MR) is 160 cm³/mol. The van der Waals surface area contributed by atoms with Gasteiger partial charge in [-0.1, -0.05) is 55.8 Å². The minimum absolute atomic E-state index is 0.0992. The Balaban J connectivity index is 0.000000197. The first-order valence-electron chi connectivity index (χ1n) is 14.1. The highest BCUT2D eigenvalue weighted by atomic mass is 32.2. The molecule has 0 bridgehead atoms. The second-order valence-electron chi connectivity index (χ2n) is 10.6. The first kappa shape index (κ1) is 36.4. The van der Waals surface area contributed by atoms with Crippen LogP contribution in [0.1, 0.15) is 66.8 Å². The molecule has 0 radical (unpaired) electrons. The molecule has 6 rings (SSSR count). The summed E-state index contributed by atoms with van der Waals surface area (Å²) < 4.78 is 127. The van der Waals surface area contributed by atoms with Gasteiger partial charge in [0.1, 0.15) is 0 Å². The fourth-order valence-corrected chi connectivity index (χ4v) is 5.98. The Morgan fingerprint density at radius 3 is 1.40 bits per heavy atom. The molecule has 0 fully saturated rings. The van der Waals surface area contributed by atoms with Crippen molar-refractivity contribution in [1.29, 1.82) is 0 Å². The number of hydroxylamine groups is 4. The number of alkyl halides is 6. The Morgan fingerprint density at radius 1 is 0.580 bits per heavy atom. The number of halogens is 6. The van der Waals surface area contributed by atoms with Gasteiger partial charge in [-0.25, -0.2) is 0 Å². The van der Waals surface area contributed by atoms with Crippen LogP contribution in [0.5, 0.6) is 0 Å². The zero-order valence-electron chi connectivity index (χ0n) is 25.0. The van der Waals surface area contributed by atoms with E-state index in [0.29, 0.717) is 17.2 Å². The van der Waals surface area contributed by atoms with Gasteiger partial charge in [-0.2, -0.15) is 43.2 Å². The van der Waals surface area contributed by atoms with Crippen LogP contribution in [0.4, 0.5) is 26.3 Å². The van der Waals surface area contributed by atoms with Crippen molar-refractivity contribution >= 4 is 65.4 Å². The van der Waals surface area contributed by atoms with Crippen molar-refractivity contribution in [2.45, 2.75) is 37.2 Å². The fourth-order valence-electron chi connectivity index (χ4n) is 5.14. The number of nitrogens with zero attached hydrogens (tertiary/aromatic N) is 2. The summed E-state index contributed by atoms with van der Waals surface area (Å²) in [5.41, 5.74) is -11.1. The summed E-state index contributed by atoms with van der Waals surface area (Å²) in [7, 11) is -12.3. The maximum Gasteiger partial charge on any atom is 0.525 e. The lowest BCUT2D eigenvalue weighted by Crippen LogP contribution is -2.44. The first-order valence-corrected chi connectivity index (χ1v) is 16.9. The summed E-state index contributed by atoms with van der Waals surface area (Å²) in [6.07, 6.45) is 2.50. The molecule has 12 nitrogen and oxygen atoms in total. The monoisotopic (exact) mass is 746 g/mol. The molecular formula is C30H20F6N2O10S2. The van der Waals surface area contributed by atoms with Gasteiger partial charge in [-0.3, -0.25) is 19.2 Å². The van der Waals surface area contributed by atoms with Crippen molar-refractivity contribution in [2.24, 2.45) is 0 Å². The number of carbonyl (C=O) groups is 4. The average Bonchev–Trinajstić information content (AvgIpc) is 3.04. The van der Waals surface area contributed by atoms with Crippen molar-refractivity contribution < 1.29 is 70.9 Å². The Bertz CT molecular complexity index is 2250. The lowest BCUT2D eigenvalue weighted by Gasteiger charge is -2.26. The van der Waals surface area contributed by atoms with E-state index in [1.54, 1.807) is 24.3 Å². The molecule has 0 atom stereocenters. The van der Waals surface area contributed by atoms with Crippen LogP contribution in [-0.2, 0) is 35.2 Å². The van der Waals surface area contributed by atoms with E-state index in [1.165, 1.54) is 42.5 Å². The average molecular weight is 747 g/mol. The summed E-state index contributed by atoms with van der Waals surface area (Å²) in [6.45, 7) is 2.01. The van der Waals surface area contributed by atoms with E-state index in [0.717, 1.165) is 18.4 Å². The zero-order chi connectivity index (χ0) is 37.0. The second kappa shape index (κ2) is 12.8. The van der Waals surface area contributed by atoms with E-state index in [-0.39, 0.29) is 43.2 Å². The molecular weight excluding hydrogens is 726 g/mol. The molecule has 264 valence electrons. The maximum absolute atomic E-state index is 12.6. The van der Waals surface area contributed by atoms with Crippen molar-refractivity contribution in [1.82, 2.24) is 10.1 Å². The van der Waals surface area contributed by atoms with Gasteiger partial charge in [0, 0.05) is 10.8 Å². The van der Waals surface area contributed by atoms with E-state index in [2.05, 4.69) is 8.57 Å². The number of aryl methyl sites for hydroxylation is 1. The highest BCUT2D eigenvalue weighted by Gasteiger charge is 2.52. The smallest absolute Gasteiger partial charge is 0.266 e. The van der Waals surface area contributed by atoms with Crippen LogP contribution in [0.2, 0.25) is 0 Å². The molecule has 2 aliphatic rings. The van der Waals surface area contributed by atoms with Crippen LogP contribution < -0.4 is 0 Å². The van der Waals surface area contributed by atoms with E-state index >= 15 is 0 Å². The Hall–Kier alpha value is -4.92. The third-order valence-corrected chi connectivity index (χ3v) is 9.23. The number of imide groups is 2. The van der Waals surface area contributed by atoms with E-state index < -0.39 is 54.9 Å². The summed E-state index contributed by atoms with van der Waals surface area (Å²) in [4.78, 5) is 49.3. The van der Waals surface area contributed by atoms with Gasteiger partial charge in [-0.15, -0.1) is 18.7 Å². The van der Waals surface area contributed by atoms with Crippen molar-refractivity contribution in [3.63, 3.8) is 0 Å². The minimum atomic E-state index is -6.17. The molecule has 2 heterocycles. The van der Waals surface area contributed by atoms with Crippen LogP contribution in [0.25, 0.3) is 21.5 Å². The van der Waals surface area contributed by atoms with Crippen LogP contribution in [-0.4, -0.2) is 61.6 Å². The Labute approximate surface area is 277 Å². The van der Waals surface area contributed by atoms with Crippen LogP contribution in [0.3, 0.4) is 0 Å². The molecule has 0 aliphatic carbocycles. The third-order valence-electron chi connectivity index (χ3n) is 7.41. The SMILES string of the molecule is CCCCc1ccc2c3c(cccc13)C(=O)N(OS(=O)(=O)C(F)(F)F)C2=O.O=C1c2cccc3cccc(c23)C(=O)N1OS(=O)(=O)C(F)(F)F. The number of hydrogen-bond donors (Lipinski definition) is 0. The van der Waals surface area contributed by atoms with Crippen LogP contribution >= 0.6 is 0 Å². The molecule has 50 heavy (non-hydrogen) atoms. The summed E-state index contributed by atoms with van der Waals surface area (Å²) in [5, 5.41) is 0.907. The zero-order valence-corrected chi connectivity index (χ0v) is 26.7. The topological polar surface area (TPSA) is 161 Å². The van der Waals surface area contributed by atoms with Gasteiger partial charge < -0.3 is 0 Å². The number of rotatable bonds is 7. The van der Waals surface area contributed by atoms with Gasteiger partial charge in [0.05, 0.1) is 22.3 Å². The molecule has 2 aliphatic heterocycles. The molecule has 0 saturated heterocycles. The summed E-state index contributed by atoms with van der Waals surface area (Å²) in [5.74, 6) is -5.10. The van der Waals surface area contributed by atoms with Gasteiger partial charge in [0.25, 0.3) is 23.6 Å². The van der Waals surface area contributed by atoms with Crippen LogP contribution in [0, 0.1) is 0 Å². The normalized spacial score (nSPS) is 15.1. The lowest BCUT2D eigenvalue weighted by molar-refractivity contribution is -0.0768. The molecule has 4 aromatic carbocycles. The fraction of sp³-hybridized carbons (Fsp3) is 0.200. The molecule has 20 heteroatoms. The quantitative estimate of drug-likeness (QED) is 0.129. The second-order valence-corrected chi connectivity index (χ2v) is 13.6. The number of benzene rings is 4. The van der Waals surface area contributed by atoms with Crippen molar-refractivity contribution in [3.8, 4) is 0 Å². The largest absolute Gasteiger partial charge is 0.525 e. The lowest BCUT2D eigenvalue weighted by atomic mass is 9.90. The molecule has 0 saturated carbocycles. The number of carbonyl (C=O) groups excluding carboxylic acids is 4. The molecule has 0 aromatic heterocycles. The van der Waals surface area contributed by atoms with Gasteiger partial charge in [0.15, 0.2) is 0 Å². The van der Waals surface area contributed by atoms with E-state index in [9.17, 15) is 62.4 Å². The van der Waals surface area contributed by atoms with E-state index in [1.807, 2.05) is 6.92 Å². The van der Waals surface area contributed by atoms with Gasteiger partial charge in [-0.05, 0) is 53.4 Å². The third kappa shape index (κ3) is 6.30. The van der Waals surface area contributed by atoms with Gasteiger partial charge in [0.2, 0.25) is 0 Å². The predicted octanol–water partition coefficient (Wildman–Crippen LogP) is 5.78. The standard InChI is InChI=1S/C17H14F3NO5S.C13H6F3NO5S/c1-2-3-5-10-8-9-13-14-11(10)6-4-7-12(14)15(22)21(16(13)23)26-27(24,25)17(18,19)20;14-13(15,16)23(20,21)22-17-11(18)8-5-1-3-7-4-2-6-9(10(7)8)12(17)19/h4,6-9H,2-3,5H2,1H3;1-6H. The van der Waals surface area contributed by atoms with Crippen molar-refractivity contribution in [2.75, 3.05) is 0 Å². The summed E-state index contributed by atoms with van der Waals surface area (Å²) in [6, 6.07) is 16.2.